The quantitative estimate of drug-likeness (QED) is 0.310. The predicted octanol–water partition coefficient (Wildman–Crippen LogP) is 2.64. The van der Waals surface area contributed by atoms with E-state index < -0.39 is 0 Å². The number of rotatable bonds is 7. The molecular weight excluding hydrogens is 404 g/mol. The second-order valence-electron chi connectivity index (χ2n) is 7.54. The molecule has 2 aliphatic rings. The van der Waals surface area contributed by atoms with E-state index in [1.807, 2.05) is 11.6 Å². The van der Waals surface area contributed by atoms with Crippen LogP contribution in [-0.2, 0) is 6.42 Å². The number of thioether (sulfide) groups is 1. The molecule has 2 N–H and O–H groups in total. The molecule has 4 rings (SSSR count). The number of aryl methyl sites for hydroxylation is 1. The molecule has 158 valence electrons. The molecular formula is C19H30N8S2. The molecule has 1 aliphatic carbocycles. The highest BCUT2D eigenvalue weighted by Gasteiger charge is 2.23. The van der Waals surface area contributed by atoms with Crippen molar-refractivity contribution in [2.75, 3.05) is 43.9 Å². The van der Waals surface area contributed by atoms with Crippen molar-refractivity contribution in [2.24, 2.45) is 10.7 Å². The van der Waals surface area contributed by atoms with E-state index in [4.69, 9.17) is 5.73 Å². The summed E-state index contributed by atoms with van der Waals surface area (Å²) in [4.78, 5) is 13.5. The van der Waals surface area contributed by atoms with Crippen molar-refractivity contribution in [1.29, 1.82) is 0 Å². The number of aromatic nitrogens is 4. The van der Waals surface area contributed by atoms with Crippen LogP contribution in [0.1, 0.15) is 44.0 Å². The van der Waals surface area contributed by atoms with E-state index in [0.29, 0.717) is 12.0 Å². The molecule has 0 atom stereocenters. The number of guanidine groups is 1. The number of anilines is 1. The molecule has 1 aliphatic heterocycles. The Labute approximate surface area is 180 Å². The first-order valence-corrected chi connectivity index (χ1v) is 12.5. The van der Waals surface area contributed by atoms with Gasteiger partial charge in [0, 0.05) is 56.8 Å². The van der Waals surface area contributed by atoms with Crippen LogP contribution in [0.15, 0.2) is 21.7 Å². The van der Waals surface area contributed by atoms with Crippen LogP contribution in [0.4, 0.5) is 5.13 Å². The fraction of sp³-hybridized carbons (Fsp3) is 0.684. The fourth-order valence-corrected chi connectivity index (χ4v) is 5.45. The van der Waals surface area contributed by atoms with Crippen LogP contribution in [0.2, 0.25) is 0 Å². The van der Waals surface area contributed by atoms with Gasteiger partial charge in [-0.1, -0.05) is 24.6 Å². The summed E-state index contributed by atoms with van der Waals surface area (Å²) in [6.45, 7) is 4.38. The normalized spacial score (nSPS) is 18.7. The van der Waals surface area contributed by atoms with Crippen molar-refractivity contribution in [3.8, 4) is 0 Å². The Hall–Kier alpha value is -1.81. The zero-order valence-corrected chi connectivity index (χ0v) is 18.7. The van der Waals surface area contributed by atoms with E-state index in [9.17, 15) is 0 Å². The SMILES string of the molecule is CSc1nnc(CCCN=C(N)N2CCN(c3nccs3)CC2)n1C1CCCC1. The molecule has 0 spiro atoms. The summed E-state index contributed by atoms with van der Waals surface area (Å²) in [7, 11) is 0. The first-order chi connectivity index (χ1) is 14.3. The summed E-state index contributed by atoms with van der Waals surface area (Å²) >= 11 is 3.38. The van der Waals surface area contributed by atoms with E-state index in [0.717, 1.165) is 61.7 Å². The molecule has 0 radical (unpaired) electrons. The molecule has 0 aromatic carbocycles. The molecule has 29 heavy (non-hydrogen) atoms. The van der Waals surface area contributed by atoms with Crippen molar-refractivity contribution in [2.45, 2.75) is 49.7 Å². The van der Waals surface area contributed by atoms with Crippen LogP contribution in [0, 0.1) is 0 Å². The van der Waals surface area contributed by atoms with Crippen molar-refractivity contribution in [3.63, 3.8) is 0 Å². The Balaban J connectivity index is 1.26. The first-order valence-electron chi connectivity index (χ1n) is 10.4. The molecule has 0 unspecified atom stereocenters. The molecule has 1 saturated heterocycles. The number of nitrogens with two attached hydrogens (primary N) is 1. The maximum Gasteiger partial charge on any atom is 0.191 e. The van der Waals surface area contributed by atoms with Crippen molar-refractivity contribution >= 4 is 34.2 Å². The standard InChI is InChI=1S/C19H30N8S2/c1-28-19-24-23-16(27(19)15-5-2-3-6-15)7-4-8-21-17(20)25-10-12-26(13-11-25)18-22-9-14-29-18/h9,14-15H,2-8,10-13H2,1H3,(H2,20,21). The van der Waals surface area contributed by atoms with Crippen LogP contribution in [-0.4, -0.2) is 69.6 Å². The van der Waals surface area contributed by atoms with Gasteiger partial charge in [0.2, 0.25) is 0 Å². The number of piperazine rings is 1. The zero-order chi connectivity index (χ0) is 20.1. The molecule has 2 fully saturated rings. The molecule has 2 aromatic heterocycles. The average Bonchev–Trinajstić information content (AvgIpc) is 3.52. The highest BCUT2D eigenvalue weighted by molar-refractivity contribution is 7.98. The van der Waals surface area contributed by atoms with E-state index >= 15 is 0 Å². The lowest BCUT2D eigenvalue weighted by Gasteiger charge is -2.35. The Morgan fingerprint density at radius 3 is 2.72 bits per heavy atom. The van der Waals surface area contributed by atoms with Crippen molar-refractivity contribution in [3.05, 3.63) is 17.4 Å². The molecule has 10 heteroatoms. The van der Waals surface area contributed by atoms with Crippen LogP contribution in [0.25, 0.3) is 0 Å². The lowest BCUT2D eigenvalue weighted by Crippen LogP contribution is -2.51. The number of thiazole rings is 1. The molecule has 0 amide bonds. The number of hydrogen-bond acceptors (Lipinski definition) is 7. The average molecular weight is 435 g/mol. The summed E-state index contributed by atoms with van der Waals surface area (Å²) in [5, 5.41) is 13.0. The third-order valence-electron chi connectivity index (χ3n) is 5.73. The minimum atomic E-state index is 0.574. The molecule has 8 nitrogen and oxygen atoms in total. The first kappa shape index (κ1) is 20.5. The Bertz CT molecular complexity index is 789. The smallest absolute Gasteiger partial charge is 0.191 e. The van der Waals surface area contributed by atoms with Crippen LogP contribution in [0.5, 0.6) is 0 Å². The summed E-state index contributed by atoms with van der Waals surface area (Å²) in [5.74, 6) is 1.76. The van der Waals surface area contributed by atoms with E-state index in [-0.39, 0.29) is 0 Å². The maximum atomic E-state index is 6.25. The molecule has 1 saturated carbocycles. The Morgan fingerprint density at radius 2 is 2.03 bits per heavy atom. The van der Waals surface area contributed by atoms with E-state index in [1.54, 1.807) is 23.1 Å². The minimum absolute atomic E-state index is 0.574. The fourth-order valence-electron chi connectivity index (χ4n) is 4.18. The third kappa shape index (κ3) is 4.85. The molecule has 2 aromatic rings. The van der Waals surface area contributed by atoms with Gasteiger partial charge >= 0.3 is 0 Å². The monoisotopic (exact) mass is 434 g/mol. The number of hydrogen-bond donors (Lipinski definition) is 1. The highest BCUT2D eigenvalue weighted by Crippen LogP contribution is 2.33. The zero-order valence-electron chi connectivity index (χ0n) is 17.0. The topological polar surface area (TPSA) is 88.5 Å². The van der Waals surface area contributed by atoms with Gasteiger partial charge in [-0.25, -0.2) is 4.98 Å². The van der Waals surface area contributed by atoms with Gasteiger partial charge in [0.05, 0.1) is 0 Å². The summed E-state index contributed by atoms with van der Waals surface area (Å²) in [6.07, 6.45) is 10.9. The van der Waals surface area contributed by atoms with Crippen LogP contribution in [0.3, 0.4) is 0 Å². The van der Waals surface area contributed by atoms with Gasteiger partial charge in [-0.2, -0.15) is 0 Å². The molecule has 0 bridgehead atoms. The highest BCUT2D eigenvalue weighted by atomic mass is 32.2. The van der Waals surface area contributed by atoms with E-state index in [2.05, 4.69) is 40.8 Å². The van der Waals surface area contributed by atoms with Gasteiger partial charge in [0.15, 0.2) is 16.2 Å². The van der Waals surface area contributed by atoms with Crippen LogP contribution >= 0.6 is 23.1 Å². The van der Waals surface area contributed by atoms with Gasteiger partial charge in [0.25, 0.3) is 0 Å². The lowest BCUT2D eigenvalue weighted by atomic mass is 10.2. The Kier molecular flexibility index (Phi) is 6.91. The van der Waals surface area contributed by atoms with Gasteiger partial charge in [-0.3, -0.25) is 4.99 Å². The summed E-state index contributed by atoms with van der Waals surface area (Å²) in [5.41, 5.74) is 6.25. The summed E-state index contributed by atoms with van der Waals surface area (Å²) in [6, 6.07) is 0.574. The van der Waals surface area contributed by atoms with Gasteiger partial charge < -0.3 is 20.1 Å². The minimum Gasteiger partial charge on any atom is -0.370 e. The van der Waals surface area contributed by atoms with Crippen molar-refractivity contribution < 1.29 is 0 Å². The van der Waals surface area contributed by atoms with Crippen molar-refractivity contribution in [1.82, 2.24) is 24.6 Å². The second-order valence-corrected chi connectivity index (χ2v) is 9.19. The van der Waals surface area contributed by atoms with Crippen LogP contribution < -0.4 is 10.6 Å². The predicted molar refractivity (Wildman–Crippen MR) is 120 cm³/mol. The maximum absolute atomic E-state index is 6.25. The lowest BCUT2D eigenvalue weighted by molar-refractivity contribution is 0.380. The van der Waals surface area contributed by atoms with Gasteiger partial charge in [0.1, 0.15) is 5.82 Å². The summed E-state index contributed by atoms with van der Waals surface area (Å²) < 4.78 is 2.38. The largest absolute Gasteiger partial charge is 0.370 e. The second kappa shape index (κ2) is 9.80. The molecule has 3 heterocycles. The van der Waals surface area contributed by atoms with Gasteiger partial charge in [-0.15, -0.1) is 21.5 Å². The third-order valence-corrected chi connectivity index (χ3v) is 7.21. The Morgan fingerprint density at radius 1 is 1.24 bits per heavy atom. The number of aliphatic imine (C=N–C) groups is 1. The van der Waals surface area contributed by atoms with E-state index in [1.165, 1.54) is 25.7 Å². The number of nitrogens with zero attached hydrogens (tertiary/aromatic N) is 7. The van der Waals surface area contributed by atoms with Gasteiger partial charge in [-0.05, 0) is 25.5 Å².